The standard InChI is InChI=1S/C29H29N3O5S/c1-29(2,3)37-27(34)31-23-12-8-7-11-22(23)30-26(33)25-16-21-14-13-20(15-24(21)38-25)18-32(28(35)36)17-19-9-5-4-6-10-19/h4-16H,17-18H2,1-3H3,(H,30,33)(H,31,34)(H,35,36). The molecule has 0 fully saturated rings. The molecule has 38 heavy (non-hydrogen) atoms. The maximum absolute atomic E-state index is 13.1. The Balaban J connectivity index is 1.48. The average molecular weight is 532 g/mol. The summed E-state index contributed by atoms with van der Waals surface area (Å²) in [5.41, 5.74) is 1.95. The fourth-order valence-corrected chi connectivity index (χ4v) is 4.82. The summed E-state index contributed by atoms with van der Waals surface area (Å²) in [6.07, 6.45) is -1.62. The number of carboxylic acid groups (broad SMARTS) is 1. The van der Waals surface area contributed by atoms with Gasteiger partial charge in [-0.2, -0.15) is 0 Å². The van der Waals surface area contributed by atoms with Gasteiger partial charge in [0.15, 0.2) is 0 Å². The molecule has 4 rings (SSSR count). The van der Waals surface area contributed by atoms with E-state index in [0.29, 0.717) is 16.3 Å². The Bertz CT molecular complexity index is 1460. The van der Waals surface area contributed by atoms with Crippen molar-refractivity contribution in [3.63, 3.8) is 0 Å². The van der Waals surface area contributed by atoms with E-state index in [1.165, 1.54) is 16.2 Å². The number of benzene rings is 3. The van der Waals surface area contributed by atoms with E-state index in [0.717, 1.165) is 21.2 Å². The van der Waals surface area contributed by atoms with Crippen molar-refractivity contribution in [1.82, 2.24) is 4.90 Å². The number of amides is 3. The van der Waals surface area contributed by atoms with Crippen molar-refractivity contribution in [1.29, 1.82) is 0 Å². The molecule has 0 atom stereocenters. The van der Waals surface area contributed by atoms with Crippen molar-refractivity contribution >= 4 is 50.9 Å². The SMILES string of the molecule is CC(C)(C)OC(=O)Nc1ccccc1NC(=O)c1cc2ccc(CN(Cc3ccccc3)C(=O)O)cc2s1. The maximum atomic E-state index is 13.1. The van der Waals surface area contributed by atoms with Crippen molar-refractivity contribution in [3.05, 3.63) is 94.9 Å². The summed E-state index contributed by atoms with van der Waals surface area (Å²) in [4.78, 5) is 39.0. The summed E-state index contributed by atoms with van der Waals surface area (Å²) in [7, 11) is 0. The van der Waals surface area contributed by atoms with E-state index in [2.05, 4.69) is 10.6 Å². The van der Waals surface area contributed by atoms with Crippen LogP contribution in [0.25, 0.3) is 10.1 Å². The summed E-state index contributed by atoms with van der Waals surface area (Å²) in [6.45, 7) is 5.83. The van der Waals surface area contributed by atoms with Crippen LogP contribution in [0.3, 0.4) is 0 Å². The van der Waals surface area contributed by atoms with Crippen LogP contribution < -0.4 is 10.6 Å². The van der Waals surface area contributed by atoms with E-state index >= 15 is 0 Å². The fourth-order valence-electron chi connectivity index (χ4n) is 3.80. The number of carbonyl (C=O) groups is 3. The highest BCUT2D eigenvalue weighted by Crippen LogP contribution is 2.29. The van der Waals surface area contributed by atoms with Crippen molar-refractivity contribution in [2.75, 3.05) is 10.6 Å². The van der Waals surface area contributed by atoms with Crippen LogP contribution in [0.1, 0.15) is 41.6 Å². The predicted molar refractivity (Wildman–Crippen MR) is 150 cm³/mol. The number of thiophene rings is 1. The molecule has 3 N–H and O–H groups in total. The first kappa shape index (κ1) is 26.7. The lowest BCUT2D eigenvalue weighted by Gasteiger charge is -2.20. The minimum Gasteiger partial charge on any atom is -0.465 e. The van der Waals surface area contributed by atoms with Crippen LogP contribution in [0, 0.1) is 0 Å². The Morgan fingerprint density at radius 2 is 1.47 bits per heavy atom. The molecule has 8 nitrogen and oxygen atoms in total. The highest BCUT2D eigenvalue weighted by Gasteiger charge is 2.19. The molecule has 3 amide bonds. The van der Waals surface area contributed by atoms with Crippen LogP contribution in [-0.4, -0.2) is 33.7 Å². The summed E-state index contributed by atoms with van der Waals surface area (Å²) >= 11 is 1.32. The van der Waals surface area contributed by atoms with Gasteiger partial charge in [-0.25, -0.2) is 9.59 Å². The largest absolute Gasteiger partial charge is 0.465 e. The lowest BCUT2D eigenvalue weighted by Crippen LogP contribution is -2.28. The monoisotopic (exact) mass is 531 g/mol. The van der Waals surface area contributed by atoms with Crippen LogP contribution >= 0.6 is 11.3 Å². The Morgan fingerprint density at radius 1 is 0.842 bits per heavy atom. The van der Waals surface area contributed by atoms with Gasteiger partial charge in [0, 0.05) is 17.8 Å². The van der Waals surface area contributed by atoms with Gasteiger partial charge in [0.1, 0.15) is 5.60 Å². The van der Waals surface area contributed by atoms with Crippen molar-refractivity contribution < 1.29 is 24.2 Å². The second kappa shape index (κ2) is 11.4. The van der Waals surface area contributed by atoms with Gasteiger partial charge in [0.05, 0.1) is 16.3 Å². The summed E-state index contributed by atoms with van der Waals surface area (Å²) < 4.78 is 6.18. The van der Waals surface area contributed by atoms with E-state index in [1.807, 2.05) is 48.5 Å². The number of anilines is 2. The molecule has 0 aliphatic heterocycles. The third kappa shape index (κ3) is 7.10. The van der Waals surface area contributed by atoms with Crippen LogP contribution in [0.4, 0.5) is 21.0 Å². The quantitative estimate of drug-likeness (QED) is 0.234. The Hall–Kier alpha value is -4.37. The van der Waals surface area contributed by atoms with Gasteiger partial charge < -0.3 is 15.2 Å². The average Bonchev–Trinajstić information content (AvgIpc) is 3.28. The molecule has 0 aliphatic carbocycles. The van der Waals surface area contributed by atoms with E-state index in [9.17, 15) is 19.5 Å². The molecule has 3 aromatic carbocycles. The summed E-state index contributed by atoms with van der Waals surface area (Å²) in [5, 5.41) is 16.1. The second-order valence-corrected chi connectivity index (χ2v) is 10.8. The maximum Gasteiger partial charge on any atom is 0.412 e. The first-order valence-electron chi connectivity index (χ1n) is 12.0. The van der Waals surface area contributed by atoms with Gasteiger partial charge in [-0.15, -0.1) is 11.3 Å². The van der Waals surface area contributed by atoms with Gasteiger partial charge in [0.2, 0.25) is 0 Å². The zero-order valence-corrected chi connectivity index (χ0v) is 22.2. The molecule has 196 valence electrons. The van der Waals surface area contributed by atoms with Gasteiger partial charge in [0.25, 0.3) is 5.91 Å². The van der Waals surface area contributed by atoms with E-state index in [4.69, 9.17) is 4.74 Å². The van der Waals surface area contributed by atoms with E-state index < -0.39 is 17.8 Å². The van der Waals surface area contributed by atoms with Gasteiger partial charge in [-0.3, -0.25) is 15.0 Å². The van der Waals surface area contributed by atoms with Gasteiger partial charge >= 0.3 is 12.2 Å². The number of hydrogen-bond donors (Lipinski definition) is 3. The molecule has 0 spiro atoms. The topological polar surface area (TPSA) is 108 Å². The van der Waals surface area contributed by atoms with E-state index in [1.54, 1.807) is 51.1 Å². The Kier molecular flexibility index (Phi) is 7.97. The normalized spacial score (nSPS) is 11.1. The number of rotatable bonds is 7. The third-order valence-corrected chi connectivity index (χ3v) is 6.58. The molecule has 1 aromatic heterocycles. The molecule has 0 saturated heterocycles. The molecule has 1 heterocycles. The second-order valence-electron chi connectivity index (χ2n) is 9.73. The highest BCUT2D eigenvalue weighted by atomic mass is 32.1. The van der Waals surface area contributed by atoms with Crippen molar-refractivity contribution in [2.24, 2.45) is 0 Å². The summed E-state index contributed by atoms with van der Waals surface area (Å²) in [5.74, 6) is -0.317. The minimum absolute atomic E-state index is 0.226. The number of ether oxygens (including phenoxy) is 1. The van der Waals surface area contributed by atoms with Gasteiger partial charge in [-0.05, 0) is 61.5 Å². The lowest BCUT2D eigenvalue weighted by atomic mass is 10.1. The molecular formula is C29H29N3O5S. The summed E-state index contributed by atoms with van der Waals surface area (Å²) in [6, 6.07) is 23.8. The molecule has 0 aliphatic rings. The third-order valence-electron chi connectivity index (χ3n) is 5.48. The van der Waals surface area contributed by atoms with Crippen molar-refractivity contribution in [2.45, 2.75) is 39.5 Å². The number of hydrogen-bond acceptors (Lipinski definition) is 5. The molecule has 0 radical (unpaired) electrons. The van der Waals surface area contributed by atoms with Crippen LogP contribution in [-0.2, 0) is 17.8 Å². The molecule has 0 bridgehead atoms. The van der Waals surface area contributed by atoms with Crippen LogP contribution in [0.15, 0.2) is 78.9 Å². The number of nitrogens with zero attached hydrogens (tertiary/aromatic N) is 1. The highest BCUT2D eigenvalue weighted by molar-refractivity contribution is 7.20. The van der Waals surface area contributed by atoms with Crippen LogP contribution in [0.5, 0.6) is 0 Å². The Morgan fingerprint density at radius 3 is 2.13 bits per heavy atom. The fraction of sp³-hybridized carbons (Fsp3) is 0.207. The first-order chi connectivity index (χ1) is 18.1. The number of nitrogens with one attached hydrogen (secondary N) is 2. The van der Waals surface area contributed by atoms with Crippen LogP contribution in [0.2, 0.25) is 0 Å². The Labute approximate surface area is 224 Å². The molecule has 0 unspecified atom stereocenters. The molecule has 0 saturated carbocycles. The predicted octanol–water partition coefficient (Wildman–Crippen LogP) is 7.18. The smallest absolute Gasteiger partial charge is 0.412 e. The number of carbonyl (C=O) groups excluding carboxylic acids is 2. The van der Waals surface area contributed by atoms with E-state index in [-0.39, 0.29) is 19.0 Å². The molecular weight excluding hydrogens is 502 g/mol. The number of fused-ring (bicyclic) bond motifs is 1. The minimum atomic E-state index is -1.00. The van der Waals surface area contributed by atoms with Crippen molar-refractivity contribution in [3.8, 4) is 0 Å². The lowest BCUT2D eigenvalue weighted by molar-refractivity contribution is 0.0635. The molecule has 9 heteroatoms. The number of para-hydroxylation sites is 2. The zero-order chi connectivity index (χ0) is 27.3. The first-order valence-corrected chi connectivity index (χ1v) is 12.8. The zero-order valence-electron chi connectivity index (χ0n) is 21.4. The molecule has 4 aromatic rings. The van der Waals surface area contributed by atoms with Gasteiger partial charge in [-0.1, -0.05) is 54.6 Å².